The maximum Gasteiger partial charge on any atom is 0.349 e. The number of anilines is 2. The summed E-state index contributed by atoms with van der Waals surface area (Å²) in [5.74, 6) is -0.345. The summed E-state index contributed by atoms with van der Waals surface area (Å²) in [7, 11) is 0. The van der Waals surface area contributed by atoms with Gasteiger partial charge in [0.25, 0.3) is 11.8 Å². The van der Waals surface area contributed by atoms with Crippen molar-refractivity contribution in [2.45, 2.75) is 19.6 Å². The standard InChI is InChI=1S/C26H19ClN2O5/c1-15-25(31)29(14-17-7-2-4-8-20(17)27)21-13-18(10-11-23(21)33-15)28-24(30)19-12-16-6-3-5-9-22(16)34-26(19)32/h2-13,15H,14H2,1H3,(H,28,30). The minimum Gasteiger partial charge on any atom is -0.479 e. The average molecular weight is 475 g/mol. The molecule has 34 heavy (non-hydrogen) atoms. The van der Waals surface area contributed by atoms with E-state index in [1.54, 1.807) is 60.4 Å². The maximum atomic E-state index is 12.9. The van der Waals surface area contributed by atoms with Crippen LogP contribution in [-0.4, -0.2) is 17.9 Å². The van der Waals surface area contributed by atoms with E-state index in [0.717, 1.165) is 5.56 Å². The van der Waals surface area contributed by atoms with Crippen molar-refractivity contribution in [3.8, 4) is 5.75 Å². The van der Waals surface area contributed by atoms with Gasteiger partial charge in [-0.1, -0.05) is 48.0 Å². The van der Waals surface area contributed by atoms with E-state index in [2.05, 4.69) is 5.32 Å². The Morgan fingerprint density at radius 2 is 1.79 bits per heavy atom. The van der Waals surface area contributed by atoms with Gasteiger partial charge in [-0.25, -0.2) is 4.79 Å². The monoisotopic (exact) mass is 474 g/mol. The van der Waals surface area contributed by atoms with Gasteiger partial charge in [-0.3, -0.25) is 9.59 Å². The first kappa shape index (κ1) is 21.7. The second kappa shape index (κ2) is 8.68. The van der Waals surface area contributed by atoms with Gasteiger partial charge in [0, 0.05) is 16.1 Å². The lowest BCUT2D eigenvalue weighted by molar-refractivity contribution is -0.125. The van der Waals surface area contributed by atoms with Gasteiger partial charge in [-0.2, -0.15) is 0 Å². The largest absolute Gasteiger partial charge is 0.479 e. The molecule has 1 aromatic heterocycles. The number of nitrogens with one attached hydrogen (secondary N) is 1. The number of carbonyl (C=O) groups excluding carboxylic acids is 2. The fourth-order valence-electron chi connectivity index (χ4n) is 3.86. The third-order valence-electron chi connectivity index (χ3n) is 5.60. The van der Waals surface area contributed by atoms with Crippen LogP contribution in [0.3, 0.4) is 0 Å². The third-order valence-corrected chi connectivity index (χ3v) is 5.97. The molecule has 3 aromatic carbocycles. The molecule has 8 heteroatoms. The smallest absolute Gasteiger partial charge is 0.349 e. The third kappa shape index (κ3) is 4.02. The Morgan fingerprint density at radius 1 is 1.03 bits per heavy atom. The van der Waals surface area contributed by atoms with Crippen LogP contribution >= 0.6 is 11.6 Å². The van der Waals surface area contributed by atoms with Crippen LogP contribution in [0.4, 0.5) is 11.4 Å². The van der Waals surface area contributed by atoms with Gasteiger partial charge in [0.05, 0.1) is 12.2 Å². The fourth-order valence-corrected chi connectivity index (χ4v) is 4.06. The molecule has 170 valence electrons. The molecular formula is C26H19ClN2O5. The van der Waals surface area contributed by atoms with E-state index in [9.17, 15) is 14.4 Å². The van der Waals surface area contributed by atoms with Crippen LogP contribution < -0.4 is 20.6 Å². The molecule has 1 unspecified atom stereocenters. The highest BCUT2D eigenvalue weighted by atomic mass is 35.5. The maximum absolute atomic E-state index is 12.9. The zero-order valence-corrected chi connectivity index (χ0v) is 18.8. The summed E-state index contributed by atoms with van der Waals surface area (Å²) in [4.78, 5) is 39.7. The highest BCUT2D eigenvalue weighted by Gasteiger charge is 2.32. The molecule has 1 N–H and O–H groups in total. The summed E-state index contributed by atoms with van der Waals surface area (Å²) >= 11 is 6.31. The number of hydrogen-bond acceptors (Lipinski definition) is 5. The first-order valence-electron chi connectivity index (χ1n) is 10.6. The van der Waals surface area contributed by atoms with Gasteiger partial charge in [0.15, 0.2) is 6.10 Å². The first-order chi connectivity index (χ1) is 16.4. The van der Waals surface area contributed by atoms with Gasteiger partial charge in [-0.15, -0.1) is 0 Å². The second-order valence-corrected chi connectivity index (χ2v) is 8.31. The van der Waals surface area contributed by atoms with Crippen molar-refractivity contribution in [1.82, 2.24) is 0 Å². The lowest BCUT2D eigenvalue weighted by atomic mass is 10.1. The number of ether oxygens (including phenoxy) is 1. The Balaban J connectivity index is 1.47. The molecule has 0 radical (unpaired) electrons. The highest BCUT2D eigenvalue weighted by molar-refractivity contribution is 6.31. The number of para-hydroxylation sites is 1. The van der Waals surface area contributed by atoms with Gasteiger partial charge in [0.2, 0.25) is 0 Å². The minimum absolute atomic E-state index is 0.120. The molecule has 7 nitrogen and oxygen atoms in total. The van der Waals surface area contributed by atoms with Gasteiger partial charge < -0.3 is 19.4 Å². The summed E-state index contributed by atoms with van der Waals surface area (Å²) in [6, 6.07) is 20.7. The van der Waals surface area contributed by atoms with Gasteiger partial charge in [-0.05, 0) is 48.9 Å². The number of carbonyl (C=O) groups is 2. The molecule has 0 aliphatic carbocycles. The number of benzene rings is 3. The molecule has 1 aliphatic rings. The topological polar surface area (TPSA) is 88.8 Å². The molecular weight excluding hydrogens is 456 g/mol. The highest BCUT2D eigenvalue weighted by Crippen LogP contribution is 2.38. The van der Waals surface area contributed by atoms with Crippen LogP contribution in [0.15, 0.2) is 82.0 Å². The number of amides is 2. The normalized spacial score (nSPS) is 15.1. The number of fused-ring (bicyclic) bond motifs is 2. The quantitative estimate of drug-likeness (QED) is 0.420. The van der Waals surface area contributed by atoms with E-state index >= 15 is 0 Å². The van der Waals surface area contributed by atoms with Crippen molar-refractivity contribution in [2.24, 2.45) is 0 Å². The van der Waals surface area contributed by atoms with Crippen molar-refractivity contribution >= 4 is 45.8 Å². The van der Waals surface area contributed by atoms with Crippen LogP contribution in [0.5, 0.6) is 5.75 Å². The van der Waals surface area contributed by atoms with Crippen molar-refractivity contribution in [2.75, 3.05) is 10.2 Å². The van der Waals surface area contributed by atoms with E-state index in [1.807, 2.05) is 18.2 Å². The first-order valence-corrected chi connectivity index (χ1v) is 11.0. The zero-order chi connectivity index (χ0) is 23.8. The number of rotatable bonds is 4. The molecule has 2 amide bonds. The Bertz CT molecular complexity index is 1500. The van der Waals surface area contributed by atoms with E-state index in [-0.39, 0.29) is 18.0 Å². The molecule has 0 bridgehead atoms. The fraction of sp³-hybridized carbons (Fsp3) is 0.115. The Hall–Kier alpha value is -4.10. The Labute approximate surface area is 199 Å². The lowest BCUT2D eigenvalue weighted by Gasteiger charge is -2.33. The summed E-state index contributed by atoms with van der Waals surface area (Å²) in [5, 5.41) is 3.90. The van der Waals surface area contributed by atoms with E-state index in [4.69, 9.17) is 20.8 Å². The summed E-state index contributed by atoms with van der Waals surface area (Å²) in [6.07, 6.45) is -0.669. The predicted molar refractivity (Wildman–Crippen MR) is 130 cm³/mol. The summed E-state index contributed by atoms with van der Waals surface area (Å²) in [6.45, 7) is 1.92. The minimum atomic E-state index is -0.734. The Morgan fingerprint density at radius 3 is 2.62 bits per heavy atom. The molecule has 1 aliphatic heterocycles. The number of nitrogens with zero attached hydrogens (tertiary/aromatic N) is 1. The average Bonchev–Trinajstić information content (AvgIpc) is 2.83. The van der Waals surface area contributed by atoms with Crippen LogP contribution in [0.25, 0.3) is 11.0 Å². The molecule has 1 atom stereocenters. The van der Waals surface area contributed by atoms with E-state index < -0.39 is 17.6 Å². The van der Waals surface area contributed by atoms with Crippen molar-refractivity contribution < 1.29 is 18.7 Å². The number of halogens is 1. The van der Waals surface area contributed by atoms with Gasteiger partial charge >= 0.3 is 5.63 Å². The molecule has 4 aromatic rings. The molecule has 2 heterocycles. The molecule has 0 saturated carbocycles. The molecule has 0 spiro atoms. The van der Waals surface area contributed by atoms with E-state index in [1.165, 1.54) is 6.07 Å². The summed E-state index contributed by atoms with van der Waals surface area (Å²) in [5.41, 5.74) is 1.21. The lowest BCUT2D eigenvalue weighted by Crippen LogP contribution is -2.44. The van der Waals surface area contributed by atoms with Crippen molar-refractivity contribution in [3.63, 3.8) is 0 Å². The van der Waals surface area contributed by atoms with Crippen LogP contribution in [0.2, 0.25) is 5.02 Å². The zero-order valence-electron chi connectivity index (χ0n) is 18.1. The number of hydrogen-bond donors (Lipinski definition) is 1. The van der Waals surface area contributed by atoms with Crippen LogP contribution in [0.1, 0.15) is 22.8 Å². The van der Waals surface area contributed by atoms with Gasteiger partial charge in [0.1, 0.15) is 16.9 Å². The predicted octanol–water partition coefficient (Wildman–Crippen LogP) is 5.01. The molecule has 5 rings (SSSR count). The van der Waals surface area contributed by atoms with Crippen LogP contribution in [0, 0.1) is 0 Å². The van der Waals surface area contributed by atoms with E-state index in [0.29, 0.717) is 33.1 Å². The van der Waals surface area contributed by atoms with Crippen molar-refractivity contribution in [1.29, 1.82) is 0 Å². The SMILES string of the molecule is CC1Oc2ccc(NC(=O)c3cc4ccccc4oc3=O)cc2N(Cc2ccccc2Cl)C1=O. The molecule has 0 fully saturated rings. The van der Waals surface area contributed by atoms with Crippen LogP contribution in [-0.2, 0) is 11.3 Å². The Kier molecular flexibility index (Phi) is 5.55. The summed E-state index contributed by atoms with van der Waals surface area (Å²) < 4.78 is 11.0. The van der Waals surface area contributed by atoms with Crippen molar-refractivity contribution in [3.05, 3.63) is 99.4 Å². The second-order valence-electron chi connectivity index (χ2n) is 7.90. The molecule has 0 saturated heterocycles.